The summed E-state index contributed by atoms with van der Waals surface area (Å²) in [6.07, 6.45) is 0.409. The Hall–Kier alpha value is -3.51. The van der Waals surface area contributed by atoms with E-state index in [-0.39, 0.29) is 11.8 Å². The van der Waals surface area contributed by atoms with E-state index in [1.54, 1.807) is 7.11 Å². The van der Waals surface area contributed by atoms with Gasteiger partial charge in [-0.15, -0.1) is 0 Å². The number of benzene rings is 3. The molecule has 5 rings (SSSR count). The monoisotopic (exact) mass is 461 g/mol. The molecule has 6 nitrogen and oxygen atoms in total. The zero-order chi connectivity index (χ0) is 22.8. The Bertz CT molecular complexity index is 1300. The molecule has 1 amide bonds. The lowest BCUT2D eigenvalue weighted by Crippen LogP contribution is -2.24. The van der Waals surface area contributed by atoms with Gasteiger partial charge in [-0.3, -0.25) is 4.79 Å². The van der Waals surface area contributed by atoms with Gasteiger partial charge in [0, 0.05) is 30.6 Å². The first-order valence-electron chi connectivity index (χ1n) is 10.9. The average molecular weight is 462 g/mol. The van der Waals surface area contributed by atoms with Crippen LogP contribution in [-0.4, -0.2) is 35.7 Å². The molecule has 1 aromatic heterocycles. The molecule has 0 N–H and O–H groups in total. The van der Waals surface area contributed by atoms with Crippen molar-refractivity contribution in [2.24, 2.45) is 0 Å². The number of para-hydroxylation sites is 3. The van der Waals surface area contributed by atoms with Gasteiger partial charge in [0.25, 0.3) is 0 Å². The van der Waals surface area contributed by atoms with Crippen LogP contribution in [0.3, 0.4) is 0 Å². The van der Waals surface area contributed by atoms with E-state index in [0.717, 1.165) is 28.3 Å². The Kier molecular flexibility index (Phi) is 5.92. The van der Waals surface area contributed by atoms with Gasteiger partial charge < -0.3 is 18.9 Å². The van der Waals surface area contributed by atoms with Gasteiger partial charge in [-0.1, -0.05) is 41.9 Å². The van der Waals surface area contributed by atoms with E-state index in [9.17, 15) is 4.79 Å². The van der Waals surface area contributed by atoms with Crippen LogP contribution in [-0.2, 0) is 11.3 Å². The fourth-order valence-electron chi connectivity index (χ4n) is 4.36. The number of amides is 1. The number of methoxy groups -OCH3 is 1. The van der Waals surface area contributed by atoms with E-state index in [1.807, 2.05) is 71.6 Å². The number of anilines is 1. The zero-order valence-corrected chi connectivity index (χ0v) is 19.0. The molecule has 0 bridgehead atoms. The Labute approximate surface area is 197 Å². The third kappa shape index (κ3) is 4.26. The molecule has 0 radical (unpaired) electrons. The van der Waals surface area contributed by atoms with Crippen LogP contribution in [0.1, 0.15) is 18.2 Å². The molecular weight excluding hydrogens is 438 g/mol. The van der Waals surface area contributed by atoms with Crippen molar-refractivity contribution in [2.75, 3.05) is 25.2 Å². The molecule has 0 aliphatic carbocycles. The second kappa shape index (κ2) is 9.16. The number of aromatic nitrogens is 2. The van der Waals surface area contributed by atoms with Crippen LogP contribution in [0.5, 0.6) is 11.5 Å². The van der Waals surface area contributed by atoms with E-state index >= 15 is 0 Å². The zero-order valence-electron chi connectivity index (χ0n) is 18.3. The molecule has 1 fully saturated rings. The number of carbonyl (C=O) groups excluding carboxylic acids is 1. The average Bonchev–Trinajstić information content (AvgIpc) is 3.41. The molecule has 1 saturated heterocycles. The third-order valence-electron chi connectivity index (χ3n) is 5.95. The first-order valence-corrected chi connectivity index (χ1v) is 11.3. The van der Waals surface area contributed by atoms with Crippen LogP contribution in [0.15, 0.2) is 72.8 Å². The largest absolute Gasteiger partial charge is 0.497 e. The smallest absolute Gasteiger partial charge is 0.227 e. The number of carbonyl (C=O) groups is 1. The highest BCUT2D eigenvalue weighted by atomic mass is 35.5. The maximum Gasteiger partial charge on any atom is 0.227 e. The van der Waals surface area contributed by atoms with Crippen molar-refractivity contribution in [3.63, 3.8) is 0 Å². The minimum atomic E-state index is -0.0172. The van der Waals surface area contributed by atoms with Crippen molar-refractivity contribution >= 4 is 34.2 Å². The second-order valence-corrected chi connectivity index (χ2v) is 8.40. The normalized spacial score (nSPS) is 15.9. The first-order chi connectivity index (χ1) is 16.1. The van der Waals surface area contributed by atoms with Crippen LogP contribution in [0.4, 0.5) is 5.69 Å². The quantitative estimate of drug-likeness (QED) is 0.375. The summed E-state index contributed by atoms with van der Waals surface area (Å²) in [5, 5.41) is 0.587. The molecule has 7 heteroatoms. The molecule has 1 aliphatic heterocycles. The van der Waals surface area contributed by atoms with E-state index < -0.39 is 0 Å². The number of nitrogens with zero attached hydrogens (tertiary/aromatic N) is 3. The summed E-state index contributed by atoms with van der Waals surface area (Å²) < 4.78 is 13.4. The topological polar surface area (TPSA) is 56.6 Å². The summed E-state index contributed by atoms with van der Waals surface area (Å²) in [6.45, 7) is 1.61. The molecule has 1 atom stereocenters. The lowest BCUT2D eigenvalue weighted by atomic mass is 10.1. The van der Waals surface area contributed by atoms with Crippen molar-refractivity contribution < 1.29 is 14.3 Å². The number of halogens is 1. The maximum atomic E-state index is 12.9. The van der Waals surface area contributed by atoms with Crippen LogP contribution in [0, 0.1) is 0 Å². The molecule has 0 spiro atoms. The summed E-state index contributed by atoms with van der Waals surface area (Å²) in [5.74, 6) is 2.35. The van der Waals surface area contributed by atoms with Crippen molar-refractivity contribution in [1.29, 1.82) is 0 Å². The molecule has 168 valence electrons. The summed E-state index contributed by atoms with van der Waals surface area (Å²) >= 11 is 6.23. The minimum absolute atomic E-state index is 0.0172. The van der Waals surface area contributed by atoms with E-state index in [4.69, 9.17) is 26.1 Å². The van der Waals surface area contributed by atoms with Crippen molar-refractivity contribution in [3.8, 4) is 11.5 Å². The van der Waals surface area contributed by atoms with E-state index in [0.29, 0.717) is 36.9 Å². The van der Waals surface area contributed by atoms with Crippen molar-refractivity contribution in [1.82, 2.24) is 9.55 Å². The first kappa shape index (κ1) is 21.3. The van der Waals surface area contributed by atoms with Crippen molar-refractivity contribution in [3.05, 3.63) is 83.6 Å². The number of fused-ring (bicyclic) bond motifs is 1. The van der Waals surface area contributed by atoms with Gasteiger partial charge in [0.15, 0.2) is 0 Å². The molecule has 3 aromatic carbocycles. The van der Waals surface area contributed by atoms with Gasteiger partial charge in [0.1, 0.15) is 23.9 Å². The fourth-order valence-corrected chi connectivity index (χ4v) is 4.55. The Morgan fingerprint density at radius 1 is 1.06 bits per heavy atom. The lowest BCUT2D eigenvalue weighted by Gasteiger charge is -2.18. The maximum absolute atomic E-state index is 12.9. The lowest BCUT2D eigenvalue weighted by molar-refractivity contribution is -0.117. The number of rotatable bonds is 7. The molecule has 4 aromatic rings. The third-order valence-corrected chi connectivity index (χ3v) is 6.26. The van der Waals surface area contributed by atoms with Gasteiger partial charge in [-0.25, -0.2) is 4.98 Å². The van der Waals surface area contributed by atoms with Crippen LogP contribution < -0.4 is 14.4 Å². The Morgan fingerprint density at radius 2 is 1.88 bits per heavy atom. The molecule has 0 saturated carbocycles. The summed E-state index contributed by atoms with van der Waals surface area (Å²) in [5.41, 5.74) is 2.78. The molecule has 2 heterocycles. The number of ether oxygens (including phenoxy) is 2. The SMILES string of the molecule is COc1cccc(N2C[C@@H](c3nc4ccccc4n3CCOc3ccccc3Cl)CC2=O)c1. The van der Waals surface area contributed by atoms with Crippen LogP contribution in [0.25, 0.3) is 11.0 Å². The van der Waals surface area contributed by atoms with Gasteiger partial charge in [0.05, 0.1) is 29.7 Å². The predicted molar refractivity (Wildman–Crippen MR) is 129 cm³/mol. The van der Waals surface area contributed by atoms with Gasteiger partial charge in [-0.2, -0.15) is 0 Å². The van der Waals surface area contributed by atoms with Crippen LogP contribution >= 0.6 is 11.6 Å². The molecule has 33 heavy (non-hydrogen) atoms. The van der Waals surface area contributed by atoms with Crippen molar-refractivity contribution in [2.45, 2.75) is 18.9 Å². The van der Waals surface area contributed by atoms with Gasteiger partial charge >= 0.3 is 0 Å². The fraction of sp³-hybridized carbons (Fsp3) is 0.231. The standard InChI is InChI=1S/C26H24ClN3O3/c1-32-20-8-6-7-19(16-20)30-17-18(15-25(30)31)26-28-22-10-3-4-11-23(22)29(26)13-14-33-24-12-5-2-9-21(24)27/h2-12,16,18H,13-15,17H2,1H3/t18-/m0/s1. The number of hydrogen-bond donors (Lipinski definition) is 0. The minimum Gasteiger partial charge on any atom is -0.497 e. The second-order valence-electron chi connectivity index (χ2n) is 8.00. The van der Waals surface area contributed by atoms with Gasteiger partial charge in [-0.05, 0) is 36.4 Å². The predicted octanol–water partition coefficient (Wildman–Crippen LogP) is 5.30. The molecule has 0 unspecified atom stereocenters. The van der Waals surface area contributed by atoms with E-state index in [2.05, 4.69) is 10.6 Å². The van der Waals surface area contributed by atoms with Crippen LogP contribution in [0.2, 0.25) is 5.02 Å². The number of imidazole rings is 1. The summed E-state index contributed by atoms with van der Waals surface area (Å²) in [7, 11) is 1.63. The van der Waals surface area contributed by atoms with E-state index in [1.165, 1.54) is 0 Å². The van der Waals surface area contributed by atoms with Gasteiger partial charge in [0.2, 0.25) is 5.91 Å². The summed E-state index contributed by atoms with van der Waals surface area (Å²) in [6, 6.07) is 23.1. The number of hydrogen-bond acceptors (Lipinski definition) is 4. The highest BCUT2D eigenvalue weighted by Crippen LogP contribution is 2.34. The summed E-state index contributed by atoms with van der Waals surface area (Å²) in [4.78, 5) is 19.7. The Balaban J connectivity index is 1.41. The Morgan fingerprint density at radius 3 is 2.73 bits per heavy atom. The molecule has 1 aliphatic rings. The molecular formula is C26H24ClN3O3. The highest BCUT2D eigenvalue weighted by molar-refractivity contribution is 6.32. The highest BCUT2D eigenvalue weighted by Gasteiger charge is 2.35.